The molecule has 0 aliphatic heterocycles. The standard InChI is InChI=1S/C15H18O2/c1-5-11-10-13(15(2,3)4)8-6-12(11)7-9-14(16)17/h6,8,10H,5H2,1-4H3,(H,16,17). The molecule has 17 heavy (non-hydrogen) atoms. The molecule has 0 fully saturated rings. The van der Waals surface area contributed by atoms with Crippen LogP contribution < -0.4 is 0 Å². The van der Waals surface area contributed by atoms with Crippen molar-refractivity contribution in [3.8, 4) is 11.8 Å². The zero-order valence-electron chi connectivity index (χ0n) is 10.8. The molecule has 0 aromatic heterocycles. The average Bonchev–Trinajstić information content (AvgIpc) is 2.24. The van der Waals surface area contributed by atoms with E-state index in [4.69, 9.17) is 5.11 Å². The van der Waals surface area contributed by atoms with Crippen molar-refractivity contribution in [3.05, 3.63) is 34.9 Å². The number of hydrogen-bond acceptors (Lipinski definition) is 1. The fraction of sp³-hybridized carbons (Fsp3) is 0.400. The van der Waals surface area contributed by atoms with Gasteiger partial charge in [0.1, 0.15) is 0 Å². The van der Waals surface area contributed by atoms with Crippen LogP contribution in [0, 0.1) is 11.8 Å². The highest BCUT2D eigenvalue weighted by Crippen LogP contribution is 2.24. The summed E-state index contributed by atoms with van der Waals surface area (Å²) >= 11 is 0. The van der Waals surface area contributed by atoms with Crippen LogP contribution in [0.25, 0.3) is 0 Å². The van der Waals surface area contributed by atoms with Gasteiger partial charge in [0, 0.05) is 11.5 Å². The van der Waals surface area contributed by atoms with Gasteiger partial charge in [-0.1, -0.05) is 45.7 Å². The Morgan fingerprint density at radius 2 is 2.00 bits per heavy atom. The number of carboxylic acid groups (broad SMARTS) is 1. The lowest BCUT2D eigenvalue weighted by molar-refractivity contribution is -0.130. The highest BCUT2D eigenvalue weighted by molar-refractivity contribution is 5.87. The Morgan fingerprint density at radius 3 is 2.47 bits per heavy atom. The minimum Gasteiger partial charge on any atom is -0.472 e. The second-order valence-corrected chi connectivity index (χ2v) is 5.03. The molecule has 2 heteroatoms. The first-order valence-corrected chi connectivity index (χ1v) is 5.73. The van der Waals surface area contributed by atoms with Gasteiger partial charge >= 0.3 is 5.97 Å². The van der Waals surface area contributed by atoms with Crippen molar-refractivity contribution in [1.82, 2.24) is 0 Å². The maximum absolute atomic E-state index is 10.4. The van der Waals surface area contributed by atoms with Crippen molar-refractivity contribution >= 4 is 5.97 Å². The number of carboxylic acids is 1. The normalized spacial score (nSPS) is 10.6. The van der Waals surface area contributed by atoms with Gasteiger partial charge < -0.3 is 5.11 Å². The first kappa shape index (κ1) is 13.3. The van der Waals surface area contributed by atoms with Crippen molar-refractivity contribution in [2.75, 3.05) is 0 Å². The quantitative estimate of drug-likeness (QED) is 0.753. The van der Waals surface area contributed by atoms with E-state index in [0.717, 1.165) is 17.5 Å². The number of carbonyl (C=O) groups is 1. The van der Waals surface area contributed by atoms with Gasteiger partial charge in [-0.25, -0.2) is 4.79 Å². The third-order valence-corrected chi connectivity index (χ3v) is 2.66. The molecule has 1 rings (SSSR count). The van der Waals surface area contributed by atoms with Crippen LogP contribution >= 0.6 is 0 Å². The predicted octanol–water partition coefficient (Wildman–Crippen LogP) is 2.98. The van der Waals surface area contributed by atoms with E-state index in [9.17, 15) is 4.79 Å². The summed E-state index contributed by atoms with van der Waals surface area (Å²) in [5.41, 5.74) is 3.26. The van der Waals surface area contributed by atoms with Crippen LogP contribution in [0.1, 0.15) is 44.4 Å². The molecular formula is C15H18O2. The number of hydrogen-bond donors (Lipinski definition) is 1. The lowest BCUT2D eigenvalue weighted by Gasteiger charge is -2.20. The summed E-state index contributed by atoms with van der Waals surface area (Å²) in [5.74, 6) is 3.76. The average molecular weight is 230 g/mol. The molecule has 0 aliphatic rings. The maximum Gasteiger partial charge on any atom is 0.382 e. The van der Waals surface area contributed by atoms with E-state index in [2.05, 4.69) is 38.7 Å². The van der Waals surface area contributed by atoms with Gasteiger partial charge in [-0.2, -0.15) is 0 Å². The number of rotatable bonds is 1. The van der Waals surface area contributed by atoms with Gasteiger partial charge in [-0.05, 0) is 29.0 Å². The van der Waals surface area contributed by atoms with Crippen molar-refractivity contribution in [3.63, 3.8) is 0 Å². The van der Waals surface area contributed by atoms with Crippen molar-refractivity contribution in [2.24, 2.45) is 0 Å². The third-order valence-electron chi connectivity index (χ3n) is 2.66. The second-order valence-electron chi connectivity index (χ2n) is 5.03. The molecule has 0 radical (unpaired) electrons. The molecular weight excluding hydrogens is 212 g/mol. The summed E-state index contributed by atoms with van der Waals surface area (Å²) in [6.07, 6.45) is 0.855. The molecule has 0 unspecified atom stereocenters. The monoisotopic (exact) mass is 230 g/mol. The second kappa shape index (κ2) is 5.05. The molecule has 0 spiro atoms. The fourth-order valence-corrected chi connectivity index (χ4v) is 1.60. The Balaban J connectivity index is 3.21. The van der Waals surface area contributed by atoms with E-state index in [1.54, 1.807) is 0 Å². The fourth-order valence-electron chi connectivity index (χ4n) is 1.60. The Morgan fingerprint density at radius 1 is 1.35 bits per heavy atom. The predicted molar refractivity (Wildman–Crippen MR) is 69.0 cm³/mol. The van der Waals surface area contributed by atoms with Gasteiger partial charge in [0.05, 0.1) is 0 Å². The number of benzene rings is 1. The van der Waals surface area contributed by atoms with Crippen LogP contribution in [0.5, 0.6) is 0 Å². The number of aliphatic carboxylic acids is 1. The molecule has 0 aliphatic carbocycles. The molecule has 0 amide bonds. The largest absolute Gasteiger partial charge is 0.472 e. The third kappa shape index (κ3) is 3.64. The molecule has 1 N–H and O–H groups in total. The highest BCUT2D eigenvalue weighted by atomic mass is 16.4. The van der Waals surface area contributed by atoms with Gasteiger partial charge in [0.25, 0.3) is 0 Å². The number of aryl methyl sites for hydroxylation is 1. The zero-order chi connectivity index (χ0) is 13.1. The minimum atomic E-state index is -1.09. The van der Waals surface area contributed by atoms with Gasteiger partial charge in [0.2, 0.25) is 0 Å². The van der Waals surface area contributed by atoms with E-state index in [1.807, 2.05) is 19.1 Å². The Bertz CT molecular complexity index is 482. The van der Waals surface area contributed by atoms with Crippen molar-refractivity contribution in [2.45, 2.75) is 39.5 Å². The van der Waals surface area contributed by atoms with Crippen LogP contribution in [-0.4, -0.2) is 11.1 Å². The Hall–Kier alpha value is -1.75. The summed E-state index contributed by atoms with van der Waals surface area (Å²) < 4.78 is 0. The van der Waals surface area contributed by atoms with Crippen LogP contribution in [-0.2, 0) is 16.6 Å². The first-order chi connectivity index (χ1) is 7.84. The molecule has 90 valence electrons. The SMILES string of the molecule is CCc1cc(C(C)(C)C)ccc1C#CC(=O)O. The molecule has 0 heterocycles. The maximum atomic E-state index is 10.4. The highest BCUT2D eigenvalue weighted by Gasteiger charge is 2.14. The molecule has 0 atom stereocenters. The van der Waals surface area contributed by atoms with E-state index in [-0.39, 0.29) is 5.41 Å². The lowest BCUT2D eigenvalue weighted by atomic mass is 9.85. The van der Waals surface area contributed by atoms with Crippen LogP contribution in [0.15, 0.2) is 18.2 Å². The summed E-state index contributed by atoms with van der Waals surface area (Å²) in [6, 6.07) is 6.05. The van der Waals surface area contributed by atoms with Crippen LogP contribution in [0.2, 0.25) is 0 Å². The van der Waals surface area contributed by atoms with E-state index >= 15 is 0 Å². The summed E-state index contributed by atoms with van der Waals surface area (Å²) in [7, 11) is 0. The van der Waals surface area contributed by atoms with Crippen LogP contribution in [0.3, 0.4) is 0 Å². The topological polar surface area (TPSA) is 37.3 Å². The van der Waals surface area contributed by atoms with Crippen LogP contribution in [0.4, 0.5) is 0 Å². The van der Waals surface area contributed by atoms with E-state index < -0.39 is 5.97 Å². The van der Waals surface area contributed by atoms with Crippen molar-refractivity contribution < 1.29 is 9.90 Å². The van der Waals surface area contributed by atoms with Gasteiger partial charge in [-0.3, -0.25) is 0 Å². The molecule has 0 saturated carbocycles. The minimum absolute atomic E-state index is 0.0999. The lowest BCUT2D eigenvalue weighted by Crippen LogP contribution is -2.11. The molecule has 1 aromatic rings. The molecule has 0 saturated heterocycles. The smallest absolute Gasteiger partial charge is 0.382 e. The first-order valence-electron chi connectivity index (χ1n) is 5.73. The van der Waals surface area contributed by atoms with Gasteiger partial charge in [-0.15, -0.1) is 0 Å². The van der Waals surface area contributed by atoms with Gasteiger partial charge in [0.15, 0.2) is 0 Å². The molecule has 0 bridgehead atoms. The Labute approximate surface area is 103 Å². The summed E-state index contributed by atoms with van der Waals surface area (Å²) in [4.78, 5) is 10.4. The van der Waals surface area contributed by atoms with E-state index in [0.29, 0.717) is 0 Å². The summed E-state index contributed by atoms with van der Waals surface area (Å²) in [5, 5.41) is 8.55. The van der Waals surface area contributed by atoms with Crippen molar-refractivity contribution in [1.29, 1.82) is 0 Å². The molecule has 2 nitrogen and oxygen atoms in total. The Kier molecular flexibility index (Phi) is 3.96. The molecule has 1 aromatic carbocycles. The summed E-state index contributed by atoms with van der Waals surface area (Å²) in [6.45, 7) is 8.52. The van der Waals surface area contributed by atoms with E-state index in [1.165, 1.54) is 5.56 Å². The zero-order valence-corrected chi connectivity index (χ0v) is 10.8.